The van der Waals surface area contributed by atoms with Crippen LogP contribution in [0.4, 0.5) is 19.0 Å². The van der Waals surface area contributed by atoms with Crippen LogP contribution in [0.1, 0.15) is 52.5 Å². The van der Waals surface area contributed by atoms with E-state index in [9.17, 15) is 13.2 Å². The topological polar surface area (TPSA) is 59.2 Å². The molecule has 2 aliphatic rings. The fraction of sp³-hybridized carbons (Fsp3) is 0.474. The van der Waals surface area contributed by atoms with E-state index < -0.39 is 12.0 Å². The molecule has 3 aromatic heterocycles. The number of pyridine rings is 1. The molecule has 1 aliphatic carbocycles. The highest BCUT2D eigenvalue weighted by Gasteiger charge is 2.38. The first-order chi connectivity index (χ1) is 13.3. The van der Waals surface area contributed by atoms with Crippen LogP contribution in [0.5, 0.6) is 0 Å². The first kappa shape index (κ1) is 17.4. The SMILES string of the molecule is Cc1c(N2CCc3ncc(C4CC4)cc3C2)nn2c(C(F)(F)F)nnc2c1C. The van der Waals surface area contributed by atoms with E-state index in [0.29, 0.717) is 30.4 Å². The number of nitrogens with zero attached hydrogens (tertiary/aromatic N) is 6. The van der Waals surface area contributed by atoms with Gasteiger partial charge < -0.3 is 4.90 Å². The Hall–Kier alpha value is -2.71. The van der Waals surface area contributed by atoms with Crippen molar-refractivity contribution >= 4 is 11.5 Å². The highest BCUT2D eigenvalue weighted by Crippen LogP contribution is 2.40. The summed E-state index contributed by atoms with van der Waals surface area (Å²) in [5, 5.41) is 11.3. The monoisotopic (exact) mass is 388 g/mol. The molecule has 0 bridgehead atoms. The summed E-state index contributed by atoms with van der Waals surface area (Å²) in [6.07, 6.45) is 0.511. The van der Waals surface area contributed by atoms with Crippen LogP contribution in [0.2, 0.25) is 0 Å². The first-order valence-electron chi connectivity index (χ1n) is 9.35. The molecule has 0 N–H and O–H groups in total. The second-order valence-corrected chi connectivity index (χ2v) is 7.65. The summed E-state index contributed by atoms with van der Waals surface area (Å²) in [6.45, 7) is 4.87. The maximum absolute atomic E-state index is 13.3. The van der Waals surface area contributed by atoms with Crippen LogP contribution in [0.25, 0.3) is 5.65 Å². The highest BCUT2D eigenvalue weighted by atomic mass is 19.4. The standard InChI is InChI=1S/C19H19F3N6/c1-10-11(2)17(26-28-16(10)24-25-18(28)19(20,21)22)27-6-5-15-14(9-27)7-13(8-23-15)12-3-4-12/h7-8,12H,3-6,9H2,1-2H3. The number of anilines is 1. The molecular formula is C19H19F3N6. The molecule has 0 aromatic carbocycles. The minimum atomic E-state index is -4.61. The molecule has 1 saturated carbocycles. The van der Waals surface area contributed by atoms with E-state index in [1.165, 1.54) is 18.4 Å². The summed E-state index contributed by atoms with van der Waals surface area (Å²) in [4.78, 5) is 6.65. The normalized spacial score (nSPS) is 17.2. The van der Waals surface area contributed by atoms with Gasteiger partial charge >= 0.3 is 6.18 Å². The van der Waals surface area contributed by atoms with E-state index >= 15 is 0 Å². The van der Waals surface area contributed by atoms with Gasteiger partial charge in [0.05, 0.1) is 0 Å². The predicted octanol–water partition coefficient (Wildman–Crippen LogP) is 3.60. The molecule has 0 amide bonds. The molecule has 1 aliphatic heterocycles. The van der Waals surface area contributed by atoms with Gasteiger partial charge in [0.2, 0.25) is 0 Å². The van der Waals surface area contributed by atoms with Gasteiger partial charge in [0.1, 0.15) is 0 Å². The van der Waals surface area contributed by atoms with Crippen LogP contribution >= 0.6 is 0 Å². The van der Waals surface area contributed by atoms with Crippen LogP contribution < -0.4 is 4.90 Å². The molecule has 9 heteroatoms. The van der Waals surface area contributed by atoms with Crippen LogP contribution in [-0.4, -0.2) is 31.3 Å². The second kappa shape index (κ2) is 5.89. The third-order valence-corrected chi connectivity index (χ3v) is 5.73. The third kappa shape index (κ3) is 2.71. The Labute approximate surface area is 159 Å². The molecule has 0 radical (unpaired) electrons. The largest absolute Gasteiger partial charge is 0.453 e. The Morgan fingerprint density at radius 1 is 1.11 bits per heavy atom. The summed E-state index contributed by atoms with van der Waals surface area (Å²) in [5.41, 5.74) is 5.08. The lowest BCUT2D eigenvalue weighted by molar-refractivity contribution is -0.146. The minimum Gasteiger partial charge on any atom is -0.350 e. The Morgan fingerprint density at radius 3 is 2.61 bits per heavy atom. The third-order valence-electron chi connectivity index (χ3n) is 5.73. The van der Waals surface area contributed by atoms with Crippen LogP contribution in [0.15, 0.2) is 12.3 Å². The number of fused-ring (bicyclic) bond motifs is 2. The van der Waals surface area contributed by atoms with E-state index in [2.05, 4.69) is 26.3 Å². The molecule has 6 nitrogen and oxygen atoms in total. The zero-order chi connectivity index (χ0) is 19.6. The molecule has 0 unspecified atom stereocenters. The van der Waals surface area contributed by atoms with E-state index in [1.807, 2.05) is 18.0 Å². The second-order valence-electron chi connectivity index (χ2n) is 7.65. The lowest BCUT2D eigenvalue weighted by Gasteiger charge is -2.31. The zero-order valence-electron chi connectivity index (χ0n) is 15.6. The minimum absolute atomic E-state index is 0.142. The number of hydrogen-bond acceptors (Lipinski definition) is 5. The predicted molar refractivity (Wildman–Crippen MR) is 96.2 cm³/mol. The van der Waals surface area contributed by atoms with Crippen LogP contribution in [-0.2, 0) is 19.1 Å². The fourth-order valence-electron chi connectivity index (χ4n) is 3.86. The summed E-state index contributed by atoms with van der Waals surface area (Å²) in [6, 6.07) is 2.20. The van der Waals surface area contributed by atoms with E-state index in [-0.39, 0.29) is 5.65 Å². The molecule has 0 spiro atoms. The molecule has 4 heterocycles. The van der Waals surface area contributed by atoms with Crippen molar-refractivity contribution in [2.24, 2.45) is 0 Å². The van der Waals surface area contributed by atoms with Gasteiger partial charge in [-0.1, -0.05) is 6.07 Å². The number of alkyl halides is 3. The molecule has 0 atom stereocenters. The van der Waals surface area contributed by atoms with Crippen molar-refractivity contribution in [2.45, 2.75) is 51.7 Å². The van der Waals surface area contributed by atoms with E-state index in [1.54, 1.807) is 6.92 Å². The summed E-state index contributed by atoms with van der Waals surface area (Å²) in [5.74, 6) is 0.0534. The lowest BCUT2D eigenvalue weighted by Crippen LogP contribution is -2.33. The van der Waals surface area contributed by atoms with Crippen molar-refractivity contribution in [1.29, 1.82) is 0 Å². The number of halogens is 3. The molecule has 5 rings (SSSR count). The van der Waals surface area contributed by atoms with Crippen LogP contribution in [0, 0.1) is 13.8 Å². The molecule has 1 fully saturated rings. The zero-order valence-corrected chi connectivity index (χ0v) is 15.6. The summed E-state index contributed by atoms with van der Waals surface area (Å²) in [7, 11) is 0. The number of rotatable bonds is 2. The lowest BCUT2D eigenvalue weighted by atomic mass is 10.0. The van der Waals surface area contributed by atoms with Crippen molar-refractivity contribution in [1.82, 2.24) is 24.8 Å². The summed E-state index contributed by atoms with van der Waals surface area (Å²) >= 11 is 0. The smallest absolute Gasteiger partial charge is 0.350 e. The Bertz CT molecular complexity index is 1080. The van der Waals surface area contributed by atoms with Crippen molar-refractivity contribution in [3.05, 3.63) is 46.0 Å². The van der Waals surface area contributed by atoms with E-state index in [0.717, 1.165) is 27.8 Å². The quantitative estimate of drug-likeness (QED) is 0.671. The Morgan fingerprint density at radius 2 is 1.89 bits per heavy atom. The first-order valence-corrected chi connectivity index (χ1v) is 9.35. The van der Waals surface area contributed by atoms with Crippen molar-refractivity contribution in [3.8, 4) is 0 Å². The molecule has 3 aromatic rings. The van der Waals surface area contributed by atoms with Gasteiger partial charge in [-0.25, -0.2) is 0 Å². The van der Waals surface area contributed by atoms with Gasteiger partial charge in [-0.05, 0) is 43.7 Å². The summed E-state index contributed by atoms with van der Waals surface area (Å²) < 4.78 is 40.7. The molecule has 0 saturated heterocycles. The maximum Gasteiger partial charge on any atom is 0.453 e. The molecule has 146 valence electrons. The van der Waals surface area contributed by atoms with Gasteiger partial charge in [0, 0.05) is 42.5 Å². The molecule has 28 heavy (non-hydrogen) atoms. The van der Waals surface area contributed by atoms with Gasteiger partial charge in [0.25, 0.3) is 5.82 Å². The van der Waals surface area contributed by atoms with Gasteiger partial charge in [0.15, 0.2) is 11.5 Å². The fourth-order valence-corrected chi connectivity index (χ4v) is 3.86. The van der Waals surface area contributed by atoms with E-state index in [4.69, 9.17) is 0 Å². The highest BCUT2D eigenvalue weighted by molar-refractivity contribution is 5.60. The number of aryl methyl sites for hydroxylation is 1. The van der Waals surface area contributed by atoms with Gasteiger partial charge in [-0.2, -0.15) is 17.7 Å². The Balaban J connectivity index is 1.57. The van der Waals surface area contributed by atoms with Crippen LogP contribution in [0.3, 0.4) is 0 Å². The van der Waals surface area contributed by atoms with Crippen molar-refractivity contribution in [3.63, 3.8) is 0 Å². The Kier molecular flexibility index (Phi) is 3.66. The number of aromatic nitrogens is 5. The number of hydrogen-bond donors (Lipinski definition) is 0. The average Bonchev–Trinajstić information content (AvgIpc) is 3.41. The van der Waals surface area contributed by atoms with Gasteiger partial charge in [-0.3, -0.25) is 4.98 Å². The van der Waals surface area contributed by atoms with Gasteiger partial charge in [-0.15, -0.1) is 15.3 Å². The van der Waals surface area contributed by atoms with Crippen molar-refractivity contribution in [2.75, 3.05) is 11.4 Å². The van der Waals surface area contributed by atoms with Crippen molar-refractivity contribution < 1.29 is 13.2 Å². The molecular weight excluding hydrogens is 369 g/mol. The average molecular weight is 388 g/mol. The maximum atomic E-state index is 13.3.